The predicted molar refractivity (Wildman–Crippen MR) is 101 cm³/mol. The van der Waals surface area contributed by atoms with Gasteiger partial charge in [0, 0.05) is 38.5 Å². The highest BCUT2D eigenvalue weighted by Gasteiger charge is 2.48. The van der Waals surface area contributed by atoms with E-state index in [-0.39, 0.29) is 18.0 Å². The van der Waals surface area contributed by atoms with E-state index in [2.05, 4.69) is 18.9 Å². The molecule has 7 heteroatoms. The zero-order valence-corrected chi connectivity index (χ0v) is 16.4. The van der Waals surface area contributed by atoms with Gasteiger partial charge in [-0.3, -0.25) is 9.48 Å². The van der Waals surface area contributed by atoms with E-state index in [1.54, 1.807) is 6.20 Å². The van der Waals surface area contributed by atoms with Gasteiger partial charge in [0.05, 0.1) is 24.0 Å². The monoisotopic (exact) mass is 374 g/mol. The molecule has 0 N–H and O–H groups in total. The average Bonchev–Trinajstić information content (AvgIpc) is 3.23. The fraction of sp³-hybridized carbons (Fsp3) is 0.750. The number of carbonyl (C=O) groups excluding carboxylic acids is 2. The number of aryl methyl sites for hydroxylation is 1. The number of rotatable bonds is 4. The molecule has 3 aliphatic heterocycles. The molecule has 1 unspecified atom stereocenters. The molecule has 3 aliphatic rings. The summed E-state index contributed by atoms with van der Waals surface area (Å²) >= 11 is 0. The molecule has 0 aromatic carbocycles. The van der Waals surface area contributed by atoms with Gasteiger partial charge < -0.3 is 14.5 Å². The van der Waals surface area contributed by atoms with E-state index in [1.807, 2.05) is 14.5 Å². The highest BCUT2D eigenvalue weighted by molar-refractivity contribution is 5.95. The second-order valence-corrected chi connectivity index (χ2v) is 8.29. The first-order chi connectivity index (χ1) is 13.0. The van der Waals surface area contributed by atoms with Gasteiger partial charge in [0.2, 0.25) is 0 Å². The lowest BCUT2D eigenvalue weighted by atomic mass is 9.90. The van der Waals surface area contributed by atoms with Crippen molar-refractivity contribution in [3.05, 3.63) is 17.5 Å². The Morgan fingerprint density at radius 2 is 2.07 bits per heavy atom. The van der Waals surface area contributed by atoms with Crippen LogP contribution in [0.2, 0.25) is 0 Å². The predicted octanol–water partition coefficient (Wildman–Crippen LogP) is 2.84. The number of amides is 2. The molecule has 0 bridgehead atoms. The van der Waals surface area contributed by atoms with Crippen molar-refractivity contribution in [3.63, 3.8) is 0 Å². The Kier molecular flexibility index (Phi) is 4.86. The first kappa shape index (κ1) is 18.3. The quantitative estimate of drug-likeness (QED) is 0.813. The Bertz CT molecular complexity index is 721. The van der Waals surface area contributed by atoms with E-state index in [9.17, 15) is 9.59 Å². The molecule has 1 atom stereocenters. The highest BCUT2D eigenvalue weighted by atomic mass is 16.6. The summed E-state index contributed by atoms with van der Waals surface area (Å²) in [6.45, 7) is 7.05. The topological polar surface area (TPSA) is 67.7 Å². The van der Waals surface area contributed by atoms with Crippen molar-refractivity contribution < 1.29 is 14.3 Å². The maximum atomic E-state index is 13.0. The van der Waals surface area contributed by atoms with Crippen LogP contribution in [0.1, 0.15) is 68.4 Å². The summed E-state index contributed by atoms with van der Waals surface area (Å²) in [5, 5.41) is 4.39. The van der Waals surface area contributed by atoms with Crippen LogP contribution in [0, 0.1) is 0 Å². The number of nitrogens with zero attached hydrogens (tertiary/aromatic N) is 4. The summed E-state index contributed by atoms with van der Waals surface area (Å²) in [5.41, 5.74) is 1.42. The van der Waals surface area contributed by atoms with E-state index in [4.69, 9.17) is 4.74 Å². The number of fused-ring (bicyclic) bond motifs is 1. The third-order valence-corrected chi connectivity index (χ3v) is 6.41. The normalized spacial score (nSPS) is 22.7. The van der Waals surface area contributed by atoms with Crippen LogP contribution in [0.4, 0.5) is 4.79 Å². The summed E-state index contributed by atoms with van der Waals surface area (Å²) in [6.07, 6.45) is 8.19. The van der Waals surface area contributed by atoms with Crippen molar-refractivity contribution in [2.75, 3.05) is 19.6 Å². The number of aromatic nitrogens is 2. The zero-order valence-electron chi connectivity index (χ0n) is 16.4. The third-order valence-electron chi connectivity index (χ3n) is 6.41. The first-order valence-corrected chi connectivity index (χ1v) is 10.4. The Hall–Kier alpha value is -2.05. The van der Waals surface area contributed by atoms with Gasteiger partial charge >= 0.3 is 6.09 Å². The molecular weight excluding hydrogens is 344 g/mol. The molecule has 0 radical (unpaired) electrons. The van der Waals surface area contributed by atoms with E-state index in [0.29, 0.717) is 32.5 Å². The summed E-state index contributed by atoms with van der Waals surface area (Å²) in [7, 11) is 0. The lowest BCUT2D eigenvalue weighted by molar-refractivity contribution is 0.00303. The molecular formula is C20H30N4O3. The van der Waals surface area contributed by atoms with Crippen molar-refractivity contribution in [3.8, 4) is 0 Å². The largest absolute Gasteiger partial charge is 0.441 e. The van der Waals surface area contributed by atoms with Crippen molar-refractivity contribution in [2.45, 2.75) is 77.0 Å². The van der Waals surface area contributed by atoms with Gasteiger partial charge in [-0.1, -0.05) is 13.3 Å². The molecule has 4 heterocycles. The van der Waals surface area contributed by atoms with Crippen LogP contribution in [0.15, 0.2) is 6.20 Å². The second kappa shape index (κ2) is 7.17. The van der Waals surface area contributed by atoms with E-state index in [1.165, 1.54) is 0 Å². The van der Waals surface area contributed by atoms with Crippen LogP contribution in [0.5, 0.6) is 0 Å². The Balaban J connectivity index is 1.40. The smallest absolute Gasteiger partial charge is 0.410 e. The van der Waals surface area contributed by atoms with Gasteiger partial charge in [-0.25, -0.2) is 4.79 Å². The van der Waals surface area contributed by atoms with E-state index >= 15 is 0 Å². The van der Waals surface area contributed by atoms with Crippen molar-refractivity contribution in [2.24, 2.45) is 0 Å². The Morgan fingerprint density at radius 1 is 1.30 bits per heavy atom. The van der Waals surface area contributed by atoms with Crippen LogP contribution in [0.25, 0.3) is 0 Å². The number of likely N-dealkylation sites (tertiary alicyclic amines) is 1. The number of ether oxygens (including phenoxy) is 1. The van der Waals surface area contributed by atoms with Crippen LogP contribution >= 0.6 is 0 Å². The molecule has 2 fully saturated rings. The Morgan fingerprint density at radius 3 is 2.81 bits per heavy atom. The van der Waals surface area contributed by atoms with Crippen LogP contribution in [-0.4, -0.2) is 62.9 Å². The standard InChI is InChI=1S/C20H30N4O3/c1-3-6-15(2)23-14-20(27-19(23)26)8-11-22(12-9-20)18(25)16-13-21-24-10-5-4-7-17(16)24/h13,15H,3-12,14H2,1-2H3. The van der Waals surface area contributed by atoms with Crippen LogP contribution in [0.3, 0.4) is 0 Å². The van der Waals surface area contributed by atoms with E-state index < -0.39 is 5.60 Å². The minimum absolute atomic E-state index is 0.0773. The molecule has 1 aromatic rings. The van der Waals surface area contributed by atoms with Crippen molar-refractivity contribution in [1.29, 1.82) is 0 Å². The fourth-order valence-corrected chi connectivity index (χ4v) is 4.71. The van der Waals surface area contributed by atoms with Gasteiger partial charge in [-0.15, -0.1) is 0 Å². The number of piperidine rings is 1. The SMILES string of the molecule is CCCC(C)N1CC2(CCN(C(=O)c3cnn4c3CCCC4)CC2)OC1=O. The van der Waals surface area contributed by atoms with Crippen molar-refractivity contribution in [1.82, 2.24) is 19.6 Å². The molecule has 148 valence electrons. The summed E-state index contributed by atoms with van der Waals surface area (Å²) < 4.78 is 7.79. The average molecular weight is 374 g/mol. The molecule has 2 amide bonds. The molecule has 2 saturated heterocycles. The van der Waals surface area contributed by atoms with Crippen molar-refractivity contribution >= 4 is 12.0 Å². The molecule has 27 heavy (non-hydrogen) atoms. The molecule has 4 rings (SSSR count). The first-order valence-electron chi connectivity index (χ1n) is 10.4. The van der Waals surface area contributed by atoms with E-state index in [0.717, 1.165) is 49.9 Å². The number of hydrogen-bond donors (Lipinski definition) is 0. The lowest BCUT2D eigenvalue weighted by Gasteiger charge is -2.37. The third kappa shape index (κ3) is 3.32. The zero-order chi connectivity index (χ0) is 19.0. The van der Waals surface area contributed by atoms with Gasteiger partial charge in [-0.05, 0) is 32.6 Å². The second-order valence-electron chi connectivity index (χ2n) is 8.29. The summed E-state index contributed by atoms with van der Waals surface area (Å²) in [5.74, 6) is 0.0773. The number of carbonyl (C=O) groups is 2. The molecule has 0 aliphatic carbocycles. The molecule has 7 nitrogen and oxygen atoms in total. The molecule has 1 spiro atoms. The van der Waals surface area contributed by atoms with Gasteiger partial charge in [0.25, 0.3) is 5.91 Å². The molecule has 0 saturated carbocycles. The fourth-order valence-electron chi connectivity index (χ4n) is 4.71. The minimum Gasteiger partial charge on any atom is -0.441 e. The highest BCUT2D eigenvalue weighted by Crippen LogP contribution is 2.35. The van der Waals surface area contributed by atoms with Gasteiger partial charge in [0.1, 0.15) is 5.60 Å². The minimum atomic E-state index is -0.422. The molecule has 1 aromatic heterocycles. The maximum Gasteiger partial charge on any atom is 0.410 e. The summed E-state index contributed by atoms with van der Waals surface area (Å²) in [6, 6.07) is 0.209. The number of hydrogen-bond acceptors (Lipinski definition) is 4. The lowest BCUT2D eigenvalue weighted by Crippen LogP contribution is -2.49. The van der Waals surface area contributed by atoms with Gasteiger partial charge in [0.15, 0.2) is 0 Å². The van der Waals surface area contributed by atoms with Crippen LogP contribution in [-0.2, 0) is 17.7 Å². The Labute approximate surface area is 160 Å². The van der Waals surface area contributed by atoms with Gasteiger partial charge in [-0.2, -0.15) is 5.10 Å². The van der Waals surface area contributed by atoms with Crippen LogP contribution < -0.4 is 0 Å². The summed E-state index contributed by atoms with van der Waals surface area (Å²) in [4.78, 5) is 29.1. The maximum absolute atomic E-state index is 13.0.